The molecule has 0 N–H and O–H groups in total. The number of nitrogens with zero attached hydrogens (tertiary/aromatic N) is 1. The van der Waals surface area contributed by atoms with Gasteiger partial charge in [-0.3, -0.25) is 4.79 Å². The first-order valence-electron chi connectivity index (χ1n) is 8.02. The van der Waals surface area contributed by atoms with Crippen LogP contribution in [0.5, 0.6) is 0 Å². The minimum Gasteiger partial charge on any atom is -0.452 e. The lowest BCUT2D eigenvalue weighted by molar-refractivity contribution is -0.149. The molecule has 1 unspecified atom stereocenters. The van der Waals surface area contributed by atoms with Gasteiger partial charge in [0.15, 0.2) is 16.4 Å². The average molecular weight is 420 g/mol. The van der Waals surface area contributed by atoms with Crippen LogP contribution in [0.2, 0.25) is 10.0 Å². The summed E-state index contributed by atoms with van der Waals surface area (Å²) in [4.78, 5) is 25.5. The molecule has 1 amide bonds. The average Bonchev–Trinajstić information content (AvgIpc) is 2.94. The van der Waals surface area contributed by atoms with Crippen molar-refractivity contribution in [2.45, 2.75) is 19.4 Å². The number of halogens is 2. The number of hydrogen-bond acceptors (Lipinski definition) is 5. The number of ether oxygens (including phenoxy) is 1. The van der Waals surface area contributed by atoms with Crippen molar-refractivity contribution in [3.63, 3.8) is 0 Å². The standard InChI is InChI=1S/C17H19Cl2NO5S/c1-2-20(13-8-9-26(23,24)11-13)15(21)10-25-16(22)7-6-12-4-3-5-14(18)17(12)19/h3-7,13H,2,8-11H2,1H3/b7-6+. The third-order valence-electron chi connectivity index (χ3n) is 4.03. The van der Waals surface area contributed by atoms with Crippen LogP contribution in [0.4, 0.5) is 0 Å². The fourth-order valence-electron chi connectivity index (χ4n) is 2.73. The highest BCUT2D eigenvalue weighted by Gasteiger charge is 2.34. The van der Waals surface area contributed by atoms with Gasteiger partial charge in [0, 0.05) is 18.7 Å². The Hall–Kier alpha value is -1.57. The van der Waals surface area contributed by atoms with Crippen LogP contribution in [0.1, 0.15) is 18.9 Å². The number of sulfone groups is 1. The zero-order chi connectivity index (χ0) is 19.3. The molecule has 0 saturated carbocycles. The molecular formula is C17H19Cl2NO5S. The summed E-state index contributed by atoms with van der Waals surface area (Å²) >= 11 is 11.9. The quantitative estimate of drug-likeness (QED) is 0.522. The first-order chi connectivity index (χ1) is 12.2. The Morgan fingerprint density at radius 3 is 2.69 bits per heavy atom. The van der Waals surface area contributed by atoms with Crippen molar-refractivity contribution in [3.8, 4) is 0 Å². The van der Waals surface area contributed by atoms with E-state index in [0.29, 0.717) is 28.6 Å². The summed E-state index contributed by atoms with van der Waals surface area (Å²) in [6, 6.07) is 4.64. The molecule has 1 heterocycles. The van der Waals surface area contributed by atoms with Crippen LogP contribution in [-0.2, 0) is 24.2 Å². The molecule has 0 radical (unpaired) electrons. The van der Waals surface area contributed by atoms with E-state index in [1.165, 1.54) is 11.0 Å². The zero-order valence-corrected chi connectivity index (χ0v) is 16.5. The first kappa shape index (κ1) is 20.7. The number of likely N-dealkylation sites (N-methyl/N-ethyl adjacent to an activating group) is 1. The van der Waals surface area contributed by atoms with Gasteiger partial charge >= 0.3 is 5.97 Å². The normalized spacial score (nSPS) is 18.8. The lowest BCUT2D eigenvalue weighted by Crippen LogP contribution is -2.43. The van der Waals surface area contributed by atoms with E-state index >= 15 is 0 Å². The SMILES string of the molecule is CCN(C(=O)COC(=O)/C=C/c1cccc(Cl)c1Cl)C1CCS(=O)(=O)C1. The van der Waals surface area contributed by atoms with E-state index < -0.39 is 28.3 Å². The minimum atomic E-state index is -3.10. The lowest BCUT2D eigenvalue weighted by Gasteiger charge is -2.26. The molecule has 0 spiro atoms. The summed E-state index contributed by atoms with van der Waals surface area (Å²) in [6.45, 7) is 1.66. The molecule has 1 aromatic carbocycles. The summed E-state index contributed by atoms with van der Waals surface area (Å²) in [7, 11) is -3.10. The van der Waals surface area contributed by atoms with Gasteiger partial charge in [0.05, 0.1) is 21.6 Å². The largest absolute Gasteiger partial charge is 0.452 e. The van der Waals surface area contributed by atoms with Crippen molar-refractivity contribution in [1.82, 2.24) is 4.90 Å². The van der Waals surface area contributed by atoms with Crippen LogP contribution in [-0.4, -0.2) is 55.9 Å². The van der Waals surface area contributed by atoms with Gasteiger partial charge in [0.25, 0.3) is 5.91 Å². The lowest BCUT2D eigenvalue weighted by atomic mass is 10.2. The number of hydrogen-bond donors (Lipinski definition) is 0. The summed E-state index contributed by atoms with van der Waals surface area (Å²) in [5.74, 6) is -1.10. The smallest absolute Gasteiger partial charge is 0.331 e. The van der Waals surface area contributed by atoms with Crippen molar-refractivity contribution in [1.29, 1.82) is 0 Å². The van der Waals surface area contributed by atoms with E-state index in [4.69, 9.17) is 27.9 Å². The maximum Gasteiger partial charge on any atom is 0.331 e. The Morgan fingerprint density at radius 2 is 2.08 bits per heavy atom. The van der Waals surface area contributed by atoms with E-state index in [2.05, 4.69) is 0 Å². The Balaban J connectivity index is 1.90. The highest BCUT2D eigenvalue weighted by molar-refractivity contribution is 7.91. The molecule has 1 saturated heterocycles. The number of benzene rings is 1. The molecule has 6 nitrogen and oxygen atoms in total. The van der Waals surface area contributed by atoms with Gasteiger partial charge in [-0.2, -0.15) is 0 Å². The molecule has 1 aliphatic rings. The molecule has 26 heavy (non-hydrogen) atoms. The molecular weight excluding hydrogens is 401 g/mol. The number of carbonyl (C=O) groups excluding carboxylic acids is 2. The molecule has 1 fully saturated rings. The van der Waals surface area contributed by atoms with Crippen LogP contribution in [0, 0.1) is 0 Å². The maximum absolute atomic E-state index is 12.2. The summed E-state index contributed by atoms with van der Waals surface area (Å²) in [6.07, 6.45) is 3.01. The fraction of sp³-hybridized carbons (Fsp3) is 0.412. The molecule has 1 atom stereocenters. The summed E-state index contributed by atoms with van der Waals surface area (Å²) in [5.41, 5.74) is 0.550. The van der Waals surface area contributed by atoms with Crippen LogP contribution in [0.25, 0.3) is 6.08 Å². The molecule has 2 rings (SSSR count). The minimum absolute atomic E-state index is 0.0479. The molecule has 142 valence electrons. The van der Waals surface area contributed by atoms with Gasteiger partial charge in [-0.15, -0.1) is 0 Å². The van der Waals surface area contributed by atoms with Crippen LogP contribution >= 0.6 is 23.2 Å². The van der Waals surface area contributed by atoms with Crippen LogP contribution in [0.3, 0.4) is 0 Å². The number of esters is 1. The third-order valence-corrected chi connectivity index (χ3v) is 6.61. The number of carbonyl (C=O) groups is 2. The van der Waals surface area contributed by atoms with Crippen molar-refractivity contribution in [2.75, 3.05) is 24.7 Å². The molecule has 0 bridgehead atoms. The highest BCUT2D eigenvalue weighted by Crippen LogP contribution is 2.26. The Labute approximate surface area is 162 Å². The Kier molecular flexibility index (Phi) is 7.08. The van der Waals surface area contributed by atoms with Crippen molar-refractivity contribution < 1.29 is 22.7 Å². The first-order valence-corrected chi connectivity index (χ1v) is 10.6. The van der Waals surface area contributed by atoms with Gasteiger partial charge in [0.2, 0.25) is 0 Å². The van der Waals surface area contributed by atoms with Crippen LogP contribution < -0.4 is 0 Å². The van der Waals surface area contributed by atoms with Gasteiger partial charge in [0.1, 0.15) is 0 Å². The van der Waals surface area contributed by atoms with Crippen molar-refractivity contribution in [2.24, 2.45) is 0 Å². The van der Waals surface area contributed by atoms with Crippen molar-refractivity contribution >= 4 is 51.0 Å². The second-order valence-corrected chi connectivity index (χ2v) is 8.83. The summed E-state index contributed by atoms with van der Waals surface area (Å²) in [5, 5.41) is 0.677. The van der Waals surface area contributed by atoms with E-state index in [1.54, 1.807) is 25.1 Å². The van der Waals surface area contributed by atoms with Crippen LogP contribution in [0.15, 0.2) is 24.3 Å². The topological polar surface area (TPSA) is 80.8 Å². The number of amides is 1. The summed E-state index contributed by atoms with van der Waals surface area (Å²) < 4.78 is 28.1. The Bertz CT molecular complexity index is 822. The van der Waals surface area contributed by atoms with E-state index in [9.17, 15) is 18.0 Å². The van der Waals surface area contributed by atoms with Gasteiger partial charge in [-0.05, 0) is 31.1 Å². The van der Waals surface area contributed by atoms with Gasteiger partial charge in [-0.25, -0.2) is 13.2 Å². The van der Waals surface area contributed by atoms with E-state index in [-0.39, 0.29) is 17.5 Å². The van der Waals surface area contributed by atoms with Gasteiger partial charge < -0.3 is 9.64 Å². The zero-order valence-electron chi connectivity index (χ0n) is 14.2. The molecule has 1 aliphatic heterocycles. The molecule has 0 aliphatic carbocycles. The third kappa shape index (κ3) is 5.46. The van der Waals surface area contributed by atoms with Gasteiger partial charge in [-0.1, -0.05) is 35.3 Å². The second-order valence-electron chi connectivity index (χ2n) is 5.82. The molecule has 1 aromatic rings. The molecule has 9 heteroatoms. The second kappa shape index (κ2) is 8.88. The van der Waals surface area contributed by atoms with E-state index in [1.807, 2.05) is 0 Å². The predicted molar refractivity (Wildman–Crippen MR) is 101 cm³/mol. The maximum atomic E-state index is 12.2. The predicted octanol–water partition coefficient (Wildman–Crippen LogP) is 2.59. The van der Waals surface area contributed by atoms with E-state index in [0.717, 1.165) is 6.08 Å². The molecule has 0 aromatic heterocycles. The number of rotatable bonds is 6. The fourth-order valence-corrected chi connectivity index (χ4v) is 4.83. The monoisotopic (exact) mass is 419 g/mol. The Morgan fingerprint density at radius 1 is 1.35 bits per heavy atom. The van der Waals surface area contributed by atoms with Crippen molar-refractivity contribution in [3.05, 3.63) is 39.9 Å². The highest BCUT2D eigenvalue weighted by atomic mass is 35.5.